The fourth-order valence-electron chi connectivity index (χ4n) is 7.28. The Morgan fingerprint density at radius 3 is 1.36 bits per heavy atom. The van der Waals surface area contributed by atoms with Crippen molar-refractivity contribution in [3.8, 4) is 0 Å². The summed E-state index contributed by atoms with van der Waals surface area (Å²) in [6.45, 7) is 13.7. The number of ether oxygens (including phenoxy) is 3. The van der Waals surface area contributed by atoms with Gasteiger partial charge in [-0.3, -0.25) is 4.79 Å². The maximum absolute atomic E-state index is 12.9. The monoisotopic (exact) mass is 754 g/mol. The smallest absolute Gasteiger partial charge is 0.465 e. The first kappa shape index (κ1) is 51.7. The summed E-state index contributed by atoms with van der Waals surface area (Å²) in [6.07, 6.45) is 35.4. The van der Waals surface area contributed by atoms with Gasteiger partial charge >= 0.3 is 12.1 Å². The first-order valence-electron chi connectivity index (χ1n) is 23.3. The third kappa shape index (κ3) is 36.1. The molecule has 7 heteroatoms. The molecule has 1 N–H and O–H groups in total. The molecule has 0 aromatic carbocycles. The molecule has 0 aromatic rings. The molecule has 0 bridgehead atoms. The molecule has 0 saturated carbocycles. The second-order valence-corrected chi connectivity index (χ2v) is 16.0. The highest BCUT2D eigenvalue weighted by atomic mass is 16.7. The van der Waals surface area contributed by atoms with Crippen molar-refractivity contribution < 1.29 is 28.9 Å². The second-order valence-electron chi connectivity index (χ2n) is 16.0. The molecule has 0 radical (unpaired) electrons. The van der Waals surface area contributed by atoms with Crippen LogP contribution in [0.25, 0.3) is 0 Å². The van der Waals surface area contributed by atoms with Crippen LogP contribution in [0.3, 0.4) is 0 Å². The van der Waals surface area contributed by atoms with Crippen LogP contribution in [0.1, 0.15) is 227 Å². The molecule has 0 fully saturated rings. The van der Waals surface area contributed by atoms with Crippen LogP contribution in [0.4, 0.5) is 4.79 Å². The third-order valence-corrected chi connectivity index (χ3v) is 10.8. The molecule has 1 unspecified atom stereocenters. The molecule has 53 heavy (non-hydrogen) atoms. The van der Waals surface area contributed by atoms with Crippen LogP contribution < -0.4 is 0 Å². The zero-order chi connectivity index (χ0) is 38.9. The van der Waals surface area contributed by atoms with Crippen LogP contribution in [-0.4, -0.2) is 68.2 Å². The van der Waals surface area contributed by atoms with E-state index in [0.717, 1.165) is 116 Å². The van der Waals surface area contributed by atoms with Crippen LogP contribution >= 0.6 is 0 Å². The van der Waals surface area contributed by atoms with Crippen LogP contribution in [0.2, 0.25) is 0 Å². The Labute approximate surface area is 329 Å². The normalized spacial score (nSPS) is 12.1. The first-order valence-corrected chi connectivity index (χ1v) is 23.3. The molecule has 316 valence electrons. The molecule has 1 atom stereocenters. The van der Waals surface area contributed by atoms with Gasteiger partial charge < -0.3 is 24.2 Å². The van der Waals surface area contributed by atoms with E-state index >= 15 is 0 Å². The summed E-state index contributed by atoms with van der Waals surface area (Å²) in [4.78, 5) is 27.7. The molecule has 0 saturated heterocycles. The number of carbonyl (C=O) groups is 2. The van der Waals surface area contributed by atoms with Gasteiger partial charge in [0.2, 0.25) is 0 Å². The van der Waals surface area contributed by atoms with Gasteiger partial charge in [0.15, 0.2) is 0 Å². The maximum atomic E-state index is 12.9. The molecule has 0 amide bonds. The zero-order valence-electron chi connectivity index (χ0n) is 36.0. The lowest BCUT2D eigenvalue weighted by Gasteiger charge is -2.22. The average Bonchev–Trinajstić information content (AvgIpc) is 3.16. The number of hydrogen-bond acceptors (Lipinski definition) is 7. The molecule has 0 aliphatic carbocycles. The van der Waals surface area contributed by atoms with E-state index in [2.05, 4.69) is 32.6 Å². The quantitative estimate of drug-likeness (QED) is 0.0491. The van der Waals surface area contributed by atoms with Crippen LogP contribution in [0, 0.1) is 11.8 Å². The van der Waals surface area contributed by atoms with Crippen LogP contribution in [0.15, 0.2) is 0 Å². The highest BCUT2D eigenvalue weighted by molar-refractivity contribution is 5.72. The highest BCUT2D eigenvalue weighted by Crippen LogP contribution is 2.22. The van der Waals surface area contributed by atoms with Gasteiger partial charge in [-0.1, -0.05) is 169 Å². The van der Waals surface area contributed by atoms with Crippen molar-refractivity contribution in [1.82, 2.24) is 4.90 Å². The predicted octanol–water partition coefficient (Wildman–Crippen LogP) is 13.4. The Morgan fingerprint density at radius 2 is 0.849 bits per heavy atom. The van der Waals surface area contributed by atoms with Gasteiger partial charge in [-0.05, 0) is 76.8 Å². The van der Waals surface area contributed by atoms with Crippen molar-refractivity contribution in [2.24, 2.45) is 11.8 Å². The Hall–Kier alpha value is -1.34. The lowest BCUT2D eigenvalue weighted by atomic mass is 9.94. The third-order valence-electron chi connectivity index (χ3n) is 10.8. The lowest BCUT2D eigenvalue weighted by Crippen LogP contribution is -2.28. The Balaban J connectivity index is 4.19. The van der Waals surface area contributed by atoms with Crippen LogP contribution in [0.5, 0.6) is 0 Å². The highest BCUT2D eigenvalue weighted by Gasteiger charge is 2.19. The van der Waals surface area contributed by atoms with Crippen molar-refractivity contribution in [2.75, 3.05) is 46.1 Å². The number of esters is 1. The SMILES string of the molecule is CCCCCCCCC(CCCCCC)C(=O)OCCCCCCN(CCCO)CCCCCCOC(=O)OCC(CCCCCC)CCCCCC. The Morgan fingerprint density at radius 1 is 0.453 bits per heavy atom. The average molecular weight is 754 g/mol. The van der Waals surface area contributed by atoms with E-state index in [1.165, 1.54) is 103 Å². The minimum Gasteiger partial charge on any atom is -0.465 e. The van der Waals surface area contributed by atoms with Crippen LogP contribution in [-0.2, 0) is 19.0 Å². The Bertz CT molecular complexity index is 752. The van der Waals surface area contributed by atoms with Crippen molar-refractivity contribution in [1.29, 1.82) is 0 Å². The van der Waals surface area contributed by atoms with E-state index < -0.39 is 6.16 Å². The molecule has 0 aromatic heterocycles. The van der Waals surface area contributed by atoms with E-state index in [9.17, 15) is 14.7 Å². The predicted molar refractivity (Wildman–Crippen MR) is 225 cm³/mol. The standard InChI is InChI=1S/C46H91NO6/c1-5-9-13-17-18-26-35-44(34-25-16-12-8-4)45(49)51-40-29-21-19-27-36-47(38-31-39-48)37-28-20-22-30-41-52-46(50)53-42-43(32-23-14-10-6-2)33-24-15-11-7-3/h43-44,48H,5-42H2,1-4H3. The second kappa shape index (κ2) is 41.8. The zero-order valence-corrected chi connectivity index (χ0v) is 36.0. The van der Waals surface area contributed by atoms with Crippen molar-refractivity contribution in [3.05, 3.63) is 0 Å². The summed E-state index contributed by atoms with van der Waals surface area (Å²) in [7, 11) is 0. The summed E-state index contributed by atoms with van der Waals surface area (Å²) in [5.41, 5.74) is 0. The fourth-order valence-corrected chi connectivity index (χ4v) is 7.28. The van der Waals surface area contributed by atoms with Gasteiger partial charge in [0.1, 0.15) is 0 Å². The number of aliphatic hydroxyl groups excluding tert-OH is 1. The molecular weight excluding hydrogens is 663 g/mol. The molecule has 0 rings (SSSR count). The number of unbranched alkanes of at least 4 members (excludes halogenated alkanes) is 20. The van der Waals surface area contributed by atoms with E-state index in [0.29, 0.717) is 25.7 Å². The first-order chi connectivity index (χ1) is 26.0. The number of hydrogen-bond donors (Lipinski definition) is 1. The van der Waals surface area contributed by atoms with Gasteiger partial charge in [0.05, 0.1) is 25.7 Å². The fraction of sp³-hybridized carbons (Fsp3) is 0.957. The Kier molecular flexibility index (Phi) is 40.8. The number of carbonyl (C=O) groups excluding carboxylic acids is 2. The summed E-state index contributed by atoms with van der Waals surface area (Å²) < 4.78 is 16.7. The van der Waals surface area contributed by atoms with Crippen molar-refractivity contribution in [3.63, 3.8) is 0 Å². The number of aliphatic hydroxyl groups is 1. The molecule has 0 spiro atoms. The topological polar surface area (TPSA) is 85.3 Å². The maximum Gasteiger partial charge on any atom is 0.508 e. The summed E-state index contributed by atoms with van der Waals surface area (Å²) >= 11 is 0. The molecule has 0 aliphatic rings. The van der Waals surface area contributed by atoms with E-state index in [-0.39, 0.29) is 18.5 Å². The van der Waals surface area contributed by atoms with E-state index in [4.69, 9.17) is 14.2 Å². The number of nitrogens with zero attached hydrogens (tertiary/aromatic N) is 1. The molecule has 0 heterocycles. The number of rotatable bonds is 42. The largest absolute Gasteiger partial charge is 0.508 e. The van der Waals surface area contributed by atoms with Gasteiger partial charge in [-0.15, -0.1) is 0 Å². The van der Waals surface area contributed by atoms with Crippen molar-refractivity contribution in [2.45, 2.75) is 227 Å². The minimum atomic E-state index is -0.504. The van der Waals surface area contributed by atoms with Gasteiger partial charge in [0.25, 0.3) is 0 Å². The van der Waals surface area contributed by atoms with Gasteiger partial charge in [-0.2, -0.15) is 0 Å². The summed E-state index contributed by atoms with van der Waals surface area (Å²) in [5, 5.41) is 9.41. The summed E-state index contributed by atoms with van der Waals surface area (Å²) in [6, 6.07) is 0. The minimum absolute atomic E-state index is 0.0434. The van der Waals surface area contributed by atoms with E-state index in [1.807, 2.05) is 0 Å². The van der Waals surface area contributed by atoms with Gasteiger partial charge in [-0.25, -0.2) is 4.79 Å². The van der Waals surface area contributed by atoms with Gasteiger partial charge in [0, 0.05) is 13.2 Å². The molecule has 0 aliphatic heterocycles. The van der Waals surface area contributed by atoms with Crippen molar-refractivity contribution >= 4 is 12.1 Å². The lowest BCUT2D eigenvalue weighted by molar-refractivity contribution is -0.149. The summed E-state index contributed by atoms with van der Waals surface area (Å²) in [5.74, 6) is 0.582. The molecule has 7 nitrogen and oxygen atoms in total. The molecular formula is C46H91NO6. The van der Waals surface area contributed by atoms with E-state index in [1.54, 1.807) is 0 Å².